The van der Waals surface area contributed by atoms with E-state index < -0.39 is 11.7 Å². The third-order valence-corrected chi connectivity index (χ3v) is 4.20. The van der Waals surface area contributed by atoms with Crippen molar-refractivity contribution in [1.82, 2.24) is 10.6 Å². The van der Waals surface area contributed by atoms with Gasteiger partial charge in [-0.05, 0) is 38.7 Å². The third kappa shape index (κ3) is 8.89. The summed E-state index contributed by atoms with van der Waals surface area (Å²) in [5, 5.41) is 16.0. The molecule has 3 N–H and O–H groups in total. The predicted molar refractivity (Wildman–Crippen MR) is 102 cm³/mol. The highest BCUT2D eigenvalue weighted by Gasteiger charge is 2.23. The number of carbonyl (C=O) groups is 1. The largest absolute Gasteiger partial charge is 0.444 e. The van der Waals surface area contributed by atoms with Gasteiger partial charge in [-0.25, -0.2) is 4.79 Å². The van der Waals surface area contributed by atoms with Gasteiger partial charge in [0.05, 0.1) is 6.61 Å². The predicted octanol–water partition coefficient (Wildman–Crippen LogP) is 3.12. The van der Waals surface area contributed by atoms with Crippen molar-refractivity contribution in [1.29, 1.82) is 0 Å². The average Bonchev–Trinajstić information content (AvgIpc) is 2.55. The number of amides is 1. The Bertz CT molecular complexity index is 499. The molecule has 0 heterocycles. The zero-order valence-electron chi connectivity index (χ0n) is 16.2. The van der Waals surface area contributed by atoms with Crippen LogP contribution in [0.1, 0.15) is 46.6 Å². The summed E-state index contributed by atoms with van der Waals surface area (Å²) in [7, 11) is 0. The quantitative estimate of drug-likeness (QED) is 0.640. The molecule has 25 heavy (non-hydrogen) atoms. The highest BCUT2D eigenvalue weighted by molar-refractivity contribution is 5.68. The van der Waals surface area contributed by atoms with E-state index in [1.165, 1.54) is 5.56 Å². The molecule has 5 heteroatoms. The Morgan fingerprint density at radius 1 is 1.24 bits per heavy atom. The van der Waals surface area contributed by atoms with E-state index in [1.54, 1.807) is 0 Å². The first-order chi connectivity index (χ1) is 11.7. The number of hydrogen-bond acceptors (Lipinski definition) is 4. The van der Waals surface area contributed by atoms with Crippen molar-refractivity contribution < 1.29 is 14.6 Å². The van der Waals surface area contributed by atoms with Crippen LogP contribution in [-0.2, 0) is 11.2 Å². The summed E-state index contributed by atoms with van der Waals surface area (Å²) in [6.07, 6.45) is 1.30. The highest BCUT2D eigenvalue weighted by Crippen LogP contribution is 2.11. The molecule has 3 unspecified atom stereocenters. The van der Waals surface area contributed by atoms with Crippen LogP contribution in [0.15, 0.2) is 30.3 Å². The van der Waals surface area contributed by atoms with Crippen LogP contribution >= 0.6 is 0 Å². The molecule has 0 aliphatic carbocycles. The number of aliphatic hydroxyl groups excluding tert-OH is 1. The Labute approximate surface area is 152 Å². The molecular formula is C20H34N2O3. The fourth-order valence-corrected chi connectivity index (χ4v) is 2.53. The van der Waals surface area contributed by atoms with Crippen LogP contribution in [0.5, 0.6) is 0 Å². The van der Waals surface area contributed by atoms with Crippen LogP contribution in [0.4, 0.5) is 4.79 Å². The molecule has 1 rings (SSSR count). The van der Waals surface area contributed by atoms with Gasteiger partial charge in [-0.3, -0.25) is 0 Å². The second kappa shape index (κ2) is 10.4. The SMILES string of the molecule is CCC(C)C(CNC(CO)Cc1ccccc1)NC(=O)OC(C)(C)C. The Morgan fingerprint density at radius 2 is 1.88 bits per heavy atom. The van der Waals surface area contributed by atoms with Gasteiger partial charge in [-0.15, -0.1) is 0 Å². The van der Waals surface area contributed by atoms with E-state index in [0.29, 0.717) is 12.5 Å². The lowest BCUT2D eigenvalue weighted by Crippen LogP contribution is -2.50. The van der Waals surface area contributed by atoms with Gasteiger partial charge < -0.3 is 20.5 Å². The highest BCUT2D eigenvalue weighted by atomic mass is 16.6. The number of rotatable bonds is 9. The van der Waals surface area contributed by atoms with Crippen molar-refractivity contribution in [3.63, 3.8) is 0 Å². The van der Waals surface area contributed by atoms with Crippen LogP contribution < -0.4 is 10.6 Å². The number of ether oxygens (including phenoxy) is 1. The van der Waals surface area contributed by atoms with E-state index in [2.05, 4.69) is 36.6 Å². The topological polar surface area (TPSA) is 70.6 Å². The number of carbonyl (C=O) groups excluding carboxylic acids is 1. The molecule has 0 saturated heterocycles. The van der Waals surface area contributed by atoms with Gasteiger partial charge in [0, 0.05) is 18.6 Å². The van der Waals surface area contributed by atoms with Crippen molar-refractivity contribution in [3.05, 3.63) is 35.9 Å². The number of nitrogens with one attached hydrogen (secondary N) is 2. The molecular weight excluding hydrogens is 316 g/mol. The summed E-state index contributed by atoms with van der Waals surface area (Å²) in [6, 6.07) is 9.98. The molecule has 0 bridgehead atoms. The molecule has 0 aromatic heterocycles. The van der Waals surface area contributed by atoms with E-state index in [1.807, 2.05) is 39.0 Å². The molecule has 0 saturated carbocycles. The van der Waals surface area contributed by atoms with Crippen LogP contribution in [0.2, 0.25) is 0 Å². The second-order valence-corrected chi connectivity index (χ2v) is 7.62. The Kier molecular flexibility index (Phi) is 8.93. The fraction of sp³-hybridized carbons (Fsp3) is 0.650. The van der Waals surface area contributed by atoms with E-state index in [9.17, 15) is 9.90 Å². The zero-order chi connectivity index (χ0) is 18.9. The maximum Gasteiger partial charge on any atom is 0.407 e. The van der Waals surface area contributed by atoms with Gasteiger partial charge >= 0.3 is 6.09 Å². The first kappa shape index (κ1) is 21.5. The van der Waals surface area contributed by atoms with Crippen molar-refractivity contribution in [2.45, 2.75) is 65.1 Å². The maximum atomic E-state index is 12.1. The standard InChI is InChI=1S/C20H34N2O3/c1-6-15(2)18(22-19(24)25-20(3,4)5)13-21-17(14-23)12-16-10-8-7-9-11-16/h7-11,15,17-18,21,23H,6,12-14H2,1-5H3,(H,22,24). The first-order valence-electron chi connectivity index (χ1n) is 9.12. The summed E-state index contributed by atoms with van der Waals surface area (Å²) in [5.41, 5.74) is 0.660. The molecule has 0 aliphatic rings. The van der Waals surface area contributed by atoms with Crippen LogP contribution in [0.25, 0.3) is 0 Å². The number of alkyl carbamates (subject to hydrolysis) is 1. The number of benzene rings is 1. The molecule has 1 aromatic carbocycles. The summed E-state index contributed by atoms with van der Waals surface area (Å²) in [6.45, 7) is 10.4. The van der Waals surface area contributed by atoms with Crippen LogP contribution in [0.3, 0.4) is 0 Å². The van der Waals surface area contributed by atoms with Gasteiger partial charge in [0.2, 0.25) is 0 Å². The van der Waals surface area contributed by atoms with E-state index in [-0.39, 0.29) is 18.7 Å². The monoisotopic (exact) mass is 350 g/mol. The minimum absolute atomic E-state index is 0.0469. The Hall–Kier alpha value is -1.59. The van der Waals surface area contributed by atoms with E-state index >= 15 is 0 Å². The minimum atomic E-state index is -0.515. The van der Waals surface area contributed by atoms with Crippen molar-refractivity contribution in [2.24, 2.45) is 5.92 Å². The van der Waals surface area contributed by atoms with Crippen LogP contribution in [0, 0.1) is 5.92 Å². The number of hydrogen-bond donors (Lipinski definition) is 3. The van der Waals surface area contributed by atoms with Crippen molar-refractivity contribution >= 4 is 6.09 Å². The van der Waals surface area contributed by atoms with E-state index in [0.717, 1.165) is 12.8 Å². The summed E-state index contributed by atoms with van der Waals surface area (Å²) < 4.78 is 5.36. The molecule has 3 atom stereocenters. The molecule has 0 fully saturated rings. The van der Waals surface area contributed by atoms with Crippen LogP contribution in [-0.4, -0.2) is 42.0 Å². The molecule has 0 spiro atoms. The number of aliphatic hydroxyl groups is 1. The summed E-state index contributed by atoms with van der Waals surface area (Å²) >= 11 is 0. The maximum absolute atomic E-state index is 12.1. The van der Waals surface area contributed by atoms with Gasteiger partial charge in [-0.1, -0.05) is 50.6 Å². The van der Waals surface area contributed by atoms with E-state index in [4.69, 9.17) is 4.74 Å². The normalized spacial score (nSPS) is 15.3. The molecule has 1 amide bonds. The van der Waals surface area contributed by atoms with Gasteiger partial charge in [0.1, 0.15) is 5.60 Å². The lowest BCUT2D eigenvalue weighted by atomic mass is 9.98. The molecule has 5 nitrogen and oxygen atoms in total. The smallest absolute Gasteiger partial charge is 0.407 e. The minimum Gasteiger partial charge on any atom is -0.444 e. The van der Waals surface area contributed by atoms with Gasteiger partial charge in [0.15, 0.2) is 0 Å². The molecule has 142 valence electrons. The average molecular weight is 351 g/mol. The fourth-order valence-electron chi connectivity index (χ4n) is 2.53. The summed E-state index contributed by atoms with van der Waals surface area (Å²) in [4.78, 5) is 12.1. The molecule has 0 radical (unpaired) electrons. The third-order valence-electron chi connectivity index (χ3n) is 4.20. The Morgan fingerprint density at radius 3 is 2.40 bits per heavy atom. The second-order valence-electron chi connectivity index (χ2n) is 7.62. The zero-order valence-corrected chi connectivity index (χ0v) is 16.2. The lowest BCUT2D eigenvalue weighted by molar-refractivity contribution is 0.0485. The van der Waals surface area contributed by atoms with Crippen molar-refractivity contribution in [3.8, 4) is 0 Å². The lowest BCUT2D eigenvalue weighted by Gasteiger charge is -2.28. The Balaban J connectivity index is 2.60. The van der Waals surface area contributed by atoms with Gasteiger partial charge in [0.25, 0.3) is 0 Å². The molecule has 1 aromatic rings. The first-order valence-corrected chi connectivity index (χ1v) is 9.12. The summed E-state index contributed by atoms with van der Waals surface area (Å²) in [5.74, 6) is 0.302. The van der Waals surface area contributed by atoms with Gasteiger partial charge in [-0.2, -0.15) is 0 Å². The molecule has 0 aliphatic heterocycles. The van der Waals surface area contributed by atoms with Crippen molar-refractivity contribution in [2.75, 3.05) is 13.2 Å².